The number of aliphatic hydroxyl groups is 1. The van der Waals surface area contributed by atoms with Gasteiger partial charge >= 0.3 is 5.69 Å². The number of aliphatic hydroxyl groups excluding tert-OH is 1. The van der Waals surface area contributed by atoms with E-state index in [1.807, 2.05) is 0 Å². The molecule has 118 valence electrons. The Morgan fingerprint density at radius 2 is 2.33 bits per heavy atom. The summed E-state index contributed by atoms with van der Waals surface area (Å²) in [6.07, 6.45) is -2.81. The van der Waals surface area contributed by atoms with Gasteiger partial charge in [-0.15, -0.1) is 0 Å². The van der Waals surface area contributed by atoms with Gasteiger partial charge in [0.1, 0.15) is 12.3 Å². The molecule has 0 aromatic carbocycles. The Kier molecular flexibility index (Phi) is 4.42. The molecule has 0 saturated carbocycles. The van der Waals surface area contributed by atoms with Crippen molar-refractivity contribution in [3.8, 4) is 0 Å². The Labute approximate surface area is 117 Å². The number of aromatic nitrogens is 2. The molecule has 3 N–H and O–H groups in total. The Morgan fingerprint density at radius 1 is 1.67 bits per heavy atom. The van der Waals surface area contributed by atoms with Crippen LogP contribution in [-0.4, -0.2) is 33.5 Å². The number of hydrogen-bond donors (Lipinski definition) is 2. The third-order valence-corrected chi connectivity index (χ3v) is 3.31. The van der Waals surface area contributed by atoms with Crippen LogP contribution in [0.15, 0.2) is 11.0 Å². The van der Waals surface area contributed by atoms with Crippen LogP contribution >= 0.6 is 7.82 Å². The minimum absolute atomic E-state index is 0.138. The molecule has 1 aromatic rings. The molecule has 10 nitrogen and oxygen atoms in total. The zero-order valence-electron chi connectivity index (χ0n) is 10.4. The van der Waals surface area contributed by atoms with E-state index in [9.17, 15) is 28.6 Å². The summed E-state index contributed by atoms with van der Waals surface area (Å²) in [4.78, 5) is 35.5. The highest BCUT2D eigenvalue weighted by atomic mass is 31.2. The van der Waals surface area contributed by atoms with Gasteiger partial charge < -0.3 is 34.5 Å². The van der Waals surface area contributed by atoms with Crippen molar-refractivity contribution >= 4 is 13.6 Å². The molecule has 2 rings (SSSR count). The highest BCUT2D eigenvalue weighted by Gasteiger charge is 2.36. The fourth-order valence-corrected chi connectivity index (χ4v) is 2.19. The minimum atomic E-state index is -5.21. The molecule has 1 aliphatic rings. The summed E-state index contributed by atoms with van der Waals surface area (Å²) in [6, 6.07) is 0. The molecule has 21 heavy (non-hydrogen) atoms. The molecule has 1 fully saturated rings. The van der Waals surface area contributed by atoms with Crippen molar-refractivity contribution in [3.05, 3.63) is 22.5 Å². The molecule has 0 aliphatic carbocycles. The molecule has 0 spiro atoms. The van der Waals surface area contributed by atoms with Gasteiger partial charge in [-0.3, -0.25) is 4.57 Å². The fourth-order valence-electron chi connectivity index (χ4n) is 1.86. The molecule has 12 heteroatoms. The van der Waals surface area contributed by atoms with Gasteiger partial charge in [0, 0.05) is 6.42 Å². The van der Waals surface area contributed by atoms with E-state index in [0.29, 0.717) is 0 Å². The van der Waals surface area contributed by atoms with Crippen molar-refractivity contribution in [1.82, 2.24) is 9.55 Å². The van der Waals surface area contributed by atoms with Crippen LogP contribution in [0.4, 0.5) is 10.2 Å². The van der Waals surface area contributed by atoms with E-state index >= 15 is 0 Å². The van der Waals surface area contributed by atoms with Gasteiger partial charge in [-0.05, 0) is 0 Å². The number of nitrogens with zero attached hydrogens (tertiary/aromatic N) is 2. The van der Waals surface area contributed by atoms with Crippen molar-refractivity contribution in [2.24, 2.45) is 0 Å². The van der Waals surface area contributed by atoms with Gasteiger partial charge in [0.25, 0.3) is 0 Å². The van der Waals surface area contributed by atoms with Gasteiger partial charge in [-0.1, -0.05) is 0 Å². The van der Waals surface area contributed by atoms with Crippen molar-refractivity contribution in [3.63, 3.8) is 0 Å². The van der Waals surface area contributed by atoms with Crippen LogP contribution in [-0.2, 0) is 13.8 Å². The average Bonchev–Trinajstić information content (AvgIpc) is 2.72. The number of phosphoric acid groups is 1. The highest BCUT2D eigenvalue weighted by molar-refractivity contribution is 7.43. The molecule has 0 radical (unpaired) electrons. The summed E-state index contributed by atoms with van der Waals surface area (Å²) in [7, 11) is -5.21. The van der Waals surface area contributed by atoms with Gasteiger partial charge in [-0.2, -0.15) is 4.98 Å². The molecule has 2 heterocycles. The second-order valence-electron chi connectivity index (χ2n) is 4.34. The predicted octanol–water partition coefficient (Wildman–Crippen LogP) is -2.54. The Balaban J connectivity index is 2.12. The van der Waals surface area contributed by atoms with Crippen LogP contribution in [0.5, 0.6) is 0 Å². The summed E-state index contributed by atoms with van der Waals surface area (Å²) in [5, 5.41) is 9.68. The topological polar surface area (TPSA) is 163 Å². The standard InChI is InChI=1S/C9H13FN3O7P/c10-4-2-13(9(15)12-8(4)11)7-1-5(14)6(20-7)3-19-21(16,17)18/h2,5-7,14H,1,3H2,(H2,11,12,15)(H2,16,17,18)/p-2/t5?,6-,7-/m1/s1. The van der Waals surface area contributed by atoms with E-state index in [-0.39, 0.29) is 6.42 Å². The van der Waals surface area contributed by atoms with Gasteiger partial charge in [0.15, 0.2) is 11.6 Å². The Hall–Kier alpha value is -1.36. The largest absolute Gasteiger partial charge is 0.790 e. The molecule has 1 aromatic heterocycles. The van der Waals surface area contributed by atoms with E-state index in [4.69, 9.17) is 10.5 Å². The van der Waals surface area contributed by atoms with E-state index in [0.717, 1.165) is 10.8 Å². The van der Waals surface area contributed by atoms with E-state index in [1.165, 1.54) is 0 Å². The number of ether oxygens (including phenoxy) is 1. The number of hydrogen-bond acceptors (Lipinski definition) is 9. The Bertz CT molecular complexity index is 632. The lowest BCUT2D eigenvalue weighted by molar-refractivity contribution is -0.343. The maximum Gasteiger partial charge on any atom is 0.351 e. The second kappa shape index (κ2) is 5.79. The van der Waals surface area contributed by atoms with E-state index in [1.54, 1.807) is 0 Å². The molecular weight excluding hydrogens is 312 g/mol. The summed E-state index contributed by atoms with van der Waals surface area (Å²) >= 11 is 0. The quantitative estimate of drug-likeness (QED) is 0.568. The number of phosphoric ester groups is 1. The van der Waals surface area contributed by atoms with Crippen LogP contribution in [0, 0.1) is 5.82 Å². The lowest BCUT2D eigenvalue weighted by Gasteiger charge is -2.30. The normalized spacial score (nSPS) is 26.2. The van der Waals surface area contributed by atoms with Crippen LogP contribution in [0.25, 0.3) is 0 Å². The van der Waals surface area contributed by atoms with Crippen molar-refractivity contribution < 1.29 is 33.1 Å². The summed E-state index contributed by atoms with van der Waals surface area (Å²) in [6.45, 7) is -0.707. The van der Waals surface area contributed by atoms with E-state index in [2.05, 4.69) is 9.51 Å². The summed E-state index contributed by atoms with van der Waals surface area (Å²) in [5.41, 5.74) is 4.23. The smallest absolute Gasteiger partial charge is 0.351 e. The Morgan fingerprint density at radius 3 is 2.95 bits per heavy atom. The first-order valence-electron chi connectivity index (χ1n) is 5.71. The van der Waals surface area contributed by atoms with Crippen molar-refractivity contribution in [1.29, 1.82) is 0 Å². The van der Waals surface area contributed by atoms with Gasteiger partial charge in [-0.25, -0.2) is 9.18 Å². The molecule has 1 aliphatic heterocycles. The van der Waals surface area contributed by atoms with Crippen LogP contribution < -0.4 is 21.2 Å². The molecule has 0 amide bonds. The predicted molar refractivity (Wildman–Crippen MR) is 61.0 cm³/mol. The third-order valence-electron chi connectivity index (χ3n) is 2.85. The van der Waals surface area contributed by atoms with Crippen molar-refractivity contribution in [2.45, 2.75) is 24.9 Å². The molecule has 3 atom stereocenters. The molecule has 0 bridgehead atoms. The van der Waals surface area contributed by atoms with Gasteiger partial charge in [0.05, 0.1) is 26.7 Å². The second-order valence-corrected chi connectivity index (χ2v) is 5.49. The lowest BCUT2D eigenvalue weighted by atomic mass is 10.2. The summed E-state index contributed by atoms with van der Waals surface area (Å²) in [5.74, 6) is -1.52. The highest BCUT2D eigenvalue weighted by Crippen LogP contribution is 2.32. The fraction of sp³-hybridized carbons (Fsp3) is 0.556. The molecular formula is C9H11FN3O7P-2. The number of halogens is 1. The zero-order valence-corrected chi connectivity index (χ0v) is 11.3. The minimum Gasteiger partial charge on any atom is -0.790 e. The zero-order chi connectivity index (χ0) is 15.8. The first kappa shape index (κ1) is 16.0. The number of anilines is 1. The van der Waals surface area contributed by atoms with Crippen LogP contribution in [0.3, 0.4) is 0 Å². The maximum atomic E-state index is 13.3. The lowest BCUT2D eigenvalue weighted by Crippen LogP contribution is -2.30. The summed E-state index contributed by atoms with van der Waals surface area (Å²) < 4.78 is 33.6. The van der Waals surface area contributed by atoms with Crippen LogP contribution in [0.2, 0.25) is 0 Å². The average molecular weight is 323 g/mol. The van der Waals surface area contributed by atoms with Gasteiger partial charge in [0.2, 0.25) is 0 Å². The first-order valence-corrected chi connectivity index (χ1v) is 7.17. The first-order chi connectivity index (χ1) is 9.67. The maximum absolute atomic E-state index is 13.3. The van der Waals surface area contributed by atoms with Crippen LogP contribution in [0.1, 0.15) is 12.6 Å². The molecule has 1 unspecified atom stereocenters. The molecule has 1 saturated heterocycles. The van der Waals surface area contributed by atoms with E-state index < -0.39 is 50.2 Å². The number of rotatable bonds is 4. The van der Waals surface area contributed by atoms with Crippen molar-refractivity contribution in [2.75, 3.05) is 12.3 Å². The third kappa shape index (κ3) is 3.84. The SMILES string of the molecule is Nc1nc(=O)n([C@H]2CC(O)[C@@H](COP(=O)([O-])[O-])O2)cc1F. The number of nitrogens with two attached hydrogens (primary N) is 1. The monoisotopic (exact) mass is 323 g/mol. The number of nitrogen functional groups attached to an aromatic ring is 1.